The topological polar surface area (TPSA) is 95.5 Å². The molecule has 0 unspecified atom stereocenters. The van der Waals surface area contributed by atoms with E-state index in [1.54, 1.807) is 50.9 Å². The van der Waals surface area contributed by atoms with Gasteiger partial charge < -0.3 is 14.2 Å². The molecule has 26 heavy (non-hydrogen) atoms. The van der Waals surface area contributed by atoms with Gasteiger partial charge in [-0.3, -0.25) is 15.1 Å². The molecule has 2 aromatic heterocycles. The molecule has 0 aliphatic carbocycles. The Bertz CT molecular complexity index is 889. The summed E-state index contributed by atoms with van der Waals surface area (Å²) in [4.78, 5) is 16.1. The number of ether oxygens (including phenoxy) is 3. The van der Waals surface area contributed by atoms with Crippen LogP contribution in [0, 0.1) is 0 Å². The lowest BCUT2D eigenvalue weighted by Crippen LogP contribution is -2.11. The molecule has 0 spiro atoms. The highest BCUT2D eigenvalue weighted by Crippen LogP contribution is 2.42. The van der Waals surface area contributed by atoms with Crippen LogP contribution in [0.15, 0.2) is 36.7 Å². The Kier molecular flexibility index (Phi) is 5.28. The molecule has 3 aromatic rings. The Hall–Kier alpha value is -3.20. The number of benzene rings is 1. The van der Waals surface area contributed by atoms with Crippen molar-refractivity contribution < 1.29 is 19.0 Å². The van der Waals surface area contributed by atoms with Gasteiger partial charge in [0, 0.05) is 23.5 Å². The average molecular weight is 372 g/mol. The second-order valence-corrected chi connectivity index (χ2v) is 5.99. The van der Waals surface area contributed by atoms with E-state index in [2.05, 4.69) is 20.5 Å². The predicted octanol–water partition coefficient (Wildman–Crippen LogP) is 2.88. The third-order valence-electron chi connectivity index (χ3n) is 3.50. The van der Waals surface area contributed by atoms with Crippen molar-refractivity contribution in [1.29, 1.82) is 0 Å². The zero-order valence-corrected chi connectivity index (χ0v) is 15.2. The molecule has 1 amide bonds. The molecular weight excluding hydrogens is 356 g/mol. The van der Waals surface area contributed by atoms with Gasteiger partial charge in [0.15, 0.2) is 11.5 Å². The zero-order chi connectivity index (χ0) is 18.5. The first-order valence-electron chi connectivity index (χ1n) is 7.51. The fraction of sp³-hybridized carbons (Fsp3) is 0.176. The van der Waals surface area contributed by atoms with Gasteiger partial charge in [-0.1, -0.05) is 11.3 Å². The van der Waals surface area contributed by atoms with Crippen LogP contribution < -0.4 is 19.5 Å². The van der Waals surface area contributed by atoms with Gasteiger partial charge in [0.05, 0.1) is 21.3 Å². The minimum absolute atomic E-state index is 0.278. The Labute approximate surface area is 153 Å². The SMILES string of the molecule is COc1cc(-c2nnc(NC(=O)c3ccncc3)s2)cc(OC)c1OC. The lowest BCUT2D eigenvalue weighted by Gasteiger charge is -2.13. The maximum atomic E-state index is 12.2. The van der Waals surface area contributed by atoms with Crippen LogP contribution in [0.25, 0.3) is 10.6 Å². The Morgan fingerprint density at radius 2 is 1.65 bits per heavy atom. The van der Waals surface area contributed by atoms with Gasteiger partial charge in [0.1, 0.15) is 5.01 Å². The van der Waals surface area contributed by atoms with E-state index < -0.39 is 0 Å². The summed E-state index contributed by atoms with van der Waals surface area (Å²) in [5.74, 6) is 1.24. The molecule has 0 bridgehead atoms. The zero-order valence-electron chi connectivity index (χ0n) is 14.3. The summed E-state index contributed by atoms with van der Waals surface area (Å²) in [5.41, 5.74) is 1.23. The van der Waals surface area contributed by atoms with Gasteiger partial charge in [0.2, 0.25) is 10.9 Å². The normalized spacial score (nSPS) is 10.3. The number of anilines is 1. The quantitative estimate of drug-likeness (QED) is 0.711. The molecule has 2 heterocycles. The van der Waals surface area contributed by atoms with Crippen LogP contribution in [0.3, 0.4) is 0 Å². The van der Waals surface area contributed by atoms with Crippen LogP contribution in [0.1, 0.15) is 10.4 Å². The lowest BCUT2D eigenvalue weighted by molar-refractivity contribution is 0.102. The van der Waals surface area contributed by atoms with Crippen molar-refractivity contribution in [3.8, 4) is 27.8 Å². The van der Waals surface area contributed by atoms with Gasteiger partial charge in [-0.15, -0.1) is 10.2 Å². The maximum Gasteiger partial charge on any atom is 0.257 e. The Morgan fingerprint density at radius 3 is 2.23 bits per heavy atom. The number of rotatable bonds is 6. The first-order valence-corrected chi connectivity index (χ1v) is 8.33. The van der Waals surface area contributed by atoms with Crippen LogP contribution in [0.5, 0.6) is 17.2 Å². The van der Waals surface area contributed by atoms with Crippen molar-refractivity contribution in [3.05, 3.63) is 42.2 Å². The van der Waals surface area contributed by atoms with Gasteiger partial charge in [-0.2, -0.15) is 0 Å². The summed E-state index contributed by atoms with van der Waals surface area (Å²) in [6.45, 7) is 0. The second-order valence-electron chi connectivity index (χ2n) is 5.02. The number of hydrogen-bond donors (Lipinski definition) is 1. The molecule has 0 fully saturated rings. The molecule has 0 saturated carbocycles. The average Bonchev–Trinajstić information content (AvgIpc) is 3.15. The van der Waals surface area contributed by atoms with Crippen LogP contribution in [0.4, 0.5) is 5.13 Å². The van der Waals surface area contributed by atoms with Crippen molar-refractivity contribution in [1.82, 2.24) is 15.2 Å². The van der Waals surface area contributed by atoms with Gasteiger partial charge in [-0.25, -0.2) is 0 Å². The number of methoxy groups -OCH3 is 3. The smallest absolute Gasteiger partial charge is 0.257 e. The van der Waals surface area contributed by atoms with E-state index in [-0.39, 0.29) is 5.91 Å². The molecule has 1 aromatic carbocycles. The molecular formula is C17H16N4O4S. The Balaban J connectivity index is 1.87. The fourth-order valence-electron chi connectivity index (χ4n) is 2.27. The number of nitrogens with one attached hydrogen (secondary N) is 1. The highest BCUT2D eigenvalue weighted by molar-refractivity contribution is 7.18. The van der Waals surface area contributed by atoms with Crippen LogP contribution >= 0.6 is 11.3 Å². The minimum Gasteiger partial charge on any atom is -0.493 e. The molecule has 9 heteroatoms. The van der Waals surface area contributed by atoms with Crippen molar-refractivity contribution >= 4 is 22.4 Å². The molecule has 8 nitrogen and oxygen atoms in total. The standard InChI is InChI=1S/C17H16N4O4S/c1-23-12-8-11(9-13(24-2)14(12)25-3)16-20-21-17(26-16)19-15(22)10-4-6-18-7-5-10/h4-9H,1-3H3,(H,19,21,22). The monoisotopic (exact) mass is 372 g/mol. The molecule has 0 saturated heterocycles. The summed E-state index contributed by atoms with van der Waals surface area (Å²) in [5, 5.41) is 11.9. The van der Waals surface area contributed by atoms with Crippen LogP contribution in [0.2, 0.25) is 0 Å². The third kappa shape index (κ3) is 3.57. The molecule has 0 aliphatic rings. The summed E-state index contributed by atoms with van der Waals surface area (Å²) in [7, 11) is 4.63. The lowest BCUT2D eigenvalue weighted by atomic mass is 10.2. The number of carbonyl (C=O) groups excluding carboxylic acids is 1. The highest BCUT2D eigenvalue weighted by atomic mass is 32.1. The third-order valence-corrected chi connectivity index (χ3v) is 4.39. The van der Waals surface area contributed by atoms with E-state index in [9.17, 15) is 4.79 Å². The molecule has 3 rings (SSSR count). The number of aromatic nitrogens is 3. The first kappa shape index (κ1) is 17.6. The fourth-order valence-corrected chi connectivity index (χ4v) is 2.99. The number of hydrogen-bond acceptors (Lipinski definition) is 8. The van der Waals surface area contributed by atoms with E-state index in [4.69, 9.17) is 14.2 Å². The molecule has 0 aliphatic heterocycles. The van der Waals surface area contributed by atoms with E-state index in [0.717, 1.165) is 5.56 Å². The maximum absolute atomic E-state index is 12.2. The van der Waals surface area contributed by atoms with E-state index >= 15 is 0 Å². The van der Waals surface area contributed by atoms with Crippen molar-refractivity contribution in [2.24, 2.45) is 0 Å². The molecule has 0 atom stereocenters. The molecule has 134 valence electrons. The van der Waals surface area contributed by atoms with Crippen molar-refractivity contribution in [2.75, 3.05) is 26.6 Å². The minimum atomic E-state index is -0.278. The van der Waals surface area contributed by atoms with E-state index in [0.29, 0.717) is 33.0 Å². The number of nitrogens with zero attached hydrogens (tertiary/aromatic N) is 3. The first-order chi connectivity index (χ1) is 12.7. The number of carbonyl (C=O) groups is 1. The number of amides is 1. The van der Waals surface area contributed by atoms with Crippen molar-refractivity contribution in [2.45, 2.75) is 0 Å². The second kappa shape index (κ2) is 7.79. The molecule has 0 radical (unpaired) electrons. The van der Waals surface area contributed by atoms with Crippen molar-refractivity contribution in [3.63, 3.8) is 0 Å². The summed E-state index contributed by atoms with van der Waals surface area (Å²) >= 11 is 1.24. The predicted molar refractivity (Wildman–Crippen MR) is 97.2 cm³/mol. The van der Waals surface area contributed by atoms with Crippen LogP contribution in [-0.4, -0.2) is 42.4 Å². The van der Waals surface area contributed by atoms with Gasteiger partial charge >= 0.3 is 0 Å². The summed E-state index contributed by atoms with van der Waals surface area (Å²) in [6, 6.07) is 6.79. The summed E-state index contributed by atoms with van der Waals surface area (Å²) in [6.07, 6.45) is 3.10. The van der Waals surface area contributed by atoms with Gasteiger partial charge in [-0.05, 0) is 24.3 Å². The summed E-state index contributed by atoms with van der Waals surface area (Å²) < 4.78 is 16.0. The molecule has 1 N–H and O–H groups in total. The largest absolute Gasteiger partial charge is 0.493 e. The highest BCUT2D eigenvalue weighted by Gasteiger charge is 2.17. The Morgan fingerprint density at radius 1 is 1.00 bits per heavy atom. The van der Waals surface area contributed by atoms with E-state index in [1.807, 2.05) is 0 Å². The van der Waals surface area contributed by atoms with Gasteiger partial charge in [0.25, 0.3) is 5.91 Å². The number of pyridine rings is 1. The van der Waals surface area contributed by atoms with E-state index in [1.165, 1.54) is 18.4 Å². The van der Waals surface area contributed by atoms with Crippen LogP contribution in [-0.2, 0) is 0 Å².